The molecule has 2 fully saturated rings. The van der Waals surface area contributed by atoms with E-state index in [1.54, 1.807) is 0 Å². The molecule has 1 saturated carbocycles. The lowest BCUT2D eigenvalue weighted by Crippen LogP contribution is -2.44. The van der Waals surface area contributed by atoms with E-state index in [9.17, 15) is 4.79 Å². The van der Waals surface area contributed by atoms with Crippen molar-refractivity contribution < 1.29 is 4.79 Å². The Morgan fingerprint density at radius 2 is 1.82 bits per heavy atom. The molecule has 1 heterocycles. The summed E-state index contributed by atoms with van der Waals surface area (Å²) in [7, 11) is 0. The molecule has 0 radical (unpaired) electrons. The lowest BCUT2D eigenvalue weighted by molar-refractivity contribution is -0.127. The minimum Gasteiger partial charge on any atom is -0.355 e. The average Bonchev–Trinajstić information content (AvgIpc) is 3.08. The van der Waals surface area contributed by atoms with Crippen LogP contribution in [-0.2, 0) is 4.79 Å². The van der Waals surface area contributed by atoms with Gasteiger partial charge in [-0.1, -0.05) is 13.8 Å². The van der Waals surface area contributed by atoms with Crippen molar-refractivity contribution >= 4 is 18.3 Å². The first-order valence-electron chi connectivity index (χ1n) is 6.59. The summed E-state index contributed by atoms with van der Waals surface area (Å²) in [6.45, 7) is 7.45. The van der Waals surface area contributed by atoms with E-state index in [1.165, 1.54) is 12.8 Å². The number of hydrogen-bond donors (Lipinski definition) is 2. The molecule has 2 rings (SSSR count). The minimum absolute atomic E-state index is 0. The highest BCUT2D eigenvalue weighted by Gasteiger charge is 2.48. The molecule has 0 aromatic carbocycles. The van der Waals surface area contributed by atoms with Crippen LogP contribution in [0.25, 0.3) is 0 Å². The van der Waals surface area contributed by atoms with Gasteiger partial charge >= 0.3 is 0 Å². The van der Waals surface area contributed by atoms with Crippen LogP contribution in [0, 0.1) is 10.8 Å². The normalized spacial score (nSPS) is 24.6. The van der Waals surface area contributed by atoms with Gasteiger partial charge in [0.1, 0.15) is 0 Å². The molecule has 1 amide bonds. The summed E-state index contributed by atoms with van der Waals surface area (Å²) in [6.07, 6.45) is 5.52. The molecule has 0 atom stereocenters. The standard InChI is InChI=1S/C13H24N2O.ClH/c1-3-13(4-5-13)11(16)15-10-12(2)6-8-14-9-7-12;/h14H,3-10H2,1-2H3,(H,15,16);1H. The van der Waals surface area contributed by atoms with Crippen molar-refractivity contribution in [3.63, 3.8) is 0 Å². The lowest BCUT2D eigenvalue weighted by Gasteiger charge is -2.34. The van der Waals surface area contributed by atoms with E-state index in [4.69, 9.17) is 0 Å². The van der Waals surface area contributed by atoms with Gasteiger partial charge in [0, 0.05) is 12.0 Å². The number of carbonyl (C=O) groups is 1. The lowest BCUT2D eigenvalue weighted by atomic mass is 9.81. The van der Waals surface area contributed by atoms with E-state index in [1.807, 2.05) is 0 Å². The molecule has 0 aromatic rings. The monoisotopic (exact) mass is 260 g/mol. The number of hydrogen-bond acceptors (Lipinski definition) is 2. The Morgan fingerprint density at radius 1 is 1.24 bits per heavy atom. The summed E-state index contributed by atoms with van der Waals surface area (Å²) >= 11 is 0. The van der Waals surface area contributed by atoms with Crippen LogP contribution in [0.1, 0.15) is 46.0 Å². The average molecular weight is 261 g/mol. The number of piperidine rings is 1. The van der Waals surface area contributed by atoms with Gasteiger partial charge in [-0.25, -0.2) is 0 Å². The summed E-state index contributed by atoms with van der Waals surface area (Å²) in [5.41, 5.74) is 0.327. The fraction of sp³-hybridized carbons (Fsp3) is 0.923. The summed E-state index contributed by atoms with van der Waals surface area (Å²) in [4.78, 5) is 12.0. The number of nitrogens with one attached hydrogen (secondary N) is 2. The first kappa shape index (κ1) is 14.8. The first-order chi connectivity index (χ1) is 7.60. The quantitative estimate of drug-likeness (QED) is 0.813. The molecule has 1 aliphatic heterocycles. The highest BCUT2D eigenvalue weighted by atomic mass is 35.5. The van der Waals surface area contributed by atoms with Crippen molar-refractivity contribution in [1.29, 1.82) is 0 Å². The van der Waals surface area contributed by atoms with E-state index < -0.39 is 0 Å². The number of carbonyl (C=O) groups excluding carboxylic acids is 1. The van der Waals surface area contributed by atoms with Crippen molar-refractivity contribution in [2.45, 2.75) is 46.0 Å². The van der Waals surface area contributed by atoms with Gasteiger partial charge in [0.05, 0.1) is 0 Å². The zero-order chi connectivity index (χ0) is 11.6. The third-order valence-electron chi connectivity index (χ3n) is 4.50. The van der Waals surface area contributed by atoms with Gasteiger partial charge in [-0.15, -0.1) is 12.4 Å². The Labute approximate surface area is 111 Å². The van der Waals surface area contributed by atoms with E-state index in [2.05, 4.69) is 24.5 Å². The van der Waals surface area contributed by atoms with Gasteiger partial charge in [-0.05, 0) is 50.6 Å². The third-order valence-corrected chi connectivity index (χ3v) is 4.50. The molecule has 0 unspecified atom stereocenters. The molecule has 4 heteroatoms. The predicted molar refractivity (Wildman–Crippen MR) is 72.4 cm³/mol. The van der Waals surface area contributed by atoms with Gasteiger partial charge in [0.25, 0.3) is 0 Å². The molecule has 0 aromatic heterocycles. The van der Waals surface area contributed by atoms with Crippen molar-refractivity contribution in [3.8, 4) is 0 Å². The second-order valence-electron chi connectivity index (χ2n) is 5.88. The highest BCUT2D eigenvalue weighted by molar-refractivity contribution is 5.85. The maximum absolute atomic E-state index is 12.0. The fourth-order valence-corrected chi connectivity index (χ4v) is 2.58. The van der Waals surface area contributed by atoms with Crippen molar-refractivity contribution in [2.75, 3.05) is 19.6 Å². The van der Waals surface area contributed by atoms with Gasteiger partial charge in [-0.2, -0.15) is 0 Å². The molecule has 1 saturated heterocycles. The van der Waals surface area contributed by atoms with Gasteiger partial charge < -0.3 is 10.6 Å². The van der Waals surface area contributed by atoms with Crippen molar-refractivity contribution in [3.05, 3.63) is 0 Å². The third kappa shape index (κ3) is 3.35. The molecule has 0 spiro atoms. The molecule has 100 valence electrons. The molecule has 17 heavy (non-hydrogen) atoms. The summed E-state index contributed by atoms with van der Waals surface area (Å²) in [5, 5.41) is 6.55. The van der Waals surface area contributed by atoms with E-state index in [-0.39, 0.29) is 17.8 Å². The highest BCUT2D eigenvalue weighted by Crippen LogP contribution is 2.48. The molecule has 0 bridgehead atoms. The van der Waals surface area contributed by atoms with Crippen molar-refractivity contribution in [2.24, 2.45) is 10.8 Å². The van der Waals surface area contributed by atoms with Gasteiger partial charge in [0.15, 0.2) is 0 Å². The summed E-state index contributed by atoms with van der Waals surface area (Å²) in [6, 6.07) is 0. The Morgan fingerprint density at radius 3 is 2.29 bits per heavy atom. The zero-order valence-corrected chi connectivity index (χ0v) is 11.8. The van der Waals surface area contributed by atoms with Gasteiger partial charge in [-0.3, -0.25) is 4.79 Å². The van der Waals surface area contributed by atoms with E-state index >= 15 is 0 Å². The van der Waals surface area contributed by atoms with E-state index in [0.717, 1.165) is 38.9 Å². The van der Waals surface area contributed by atoms with Crippen LogP contribution in [0.3, 0.4) is 0 Å². The van der Waals surface area contributed by atoms with Crippen LogP contribution >= 0.6 is 12.4 Å². The van der Waals surface area contributed by atoms with Crippen LogP contribution in [0.2, 0.25) is 0 Å². The maximum atomic E-state index is 12.0. The van der Waals surface area contributed by atoms with Crippen LogP contribution in [-0.4, -0.2) is 25.5 Å². The Kier molecular flexibility index (Phi) is 4.85. The SMILES string of the molecule is CCC1(C(=O)NCC2(C)CCNCC2)CC1.Cl. The molecule has 2 N–H and O–H groups in total. The van der Waals surface area contributed by atoms with Crippen LogP contribution in [0.4, 0.5) is 0 Å². The first-order valence-corrected chi connectivity index (χ1v) is 6.59. The summed E-state index contributed by atoms with van der Waals surface area (Å²) < 4.78 is 0. The van der Waals surface area contributed by atoms with Crippen molar-refractivity contribution in [1.82, 2.24) is 10.6 Å². The maximum Gasteiger partial charge on any atom is 0.226 e. The Balaban J connectivity index is 0.00000144. The van der Waals surface area contributed by atoms with E-state index in [0.29, 0.717) is 11.3 Å². The fourth-order valence-electron chi connectivity index (χ4n) is 2.58. The van der Waals surface area contributed by atoms with Crippen LogP contribution in [0.5, 0.6) is 0 Å². The van der Waals surface area contributed by atoms with Gasteiger partial charge in [0.2, 0.25) is 5.91 Å². The second-order valence-corrected chi connectivity index (χ2v) is 5.88. The summed E-state index contributed by atoms with van der Waals surface area (Å²) in [5.74, 6) is 0.301. The van der Waals surface area contributed by atoms with Crippen LogP contribution in [0.15, 0.2) is 0 Å². The predicted octanol–water partition coefficient (Wildman–Crippen LogP) is 2.10. The smallest absolute Gasteiger partial charge is 0.226 e. The second kappa shape index (κ2) is 5.57. The molecule has 3 nitrogen and oxygen atoms in total. The zero-order valence-electron chi connectivity index (χ0n) is 11.0. The molecule has 1 aliphatic carbocycles. The largest absolute Gasteiger partial charge is 0.355 e. The molecular formula is C13H25ClN2O. The molecule has 2 aliphatic rings. The number of rotatable bonds is 4. The Hall–Kier alpha value is -0.280. The van der Waals surface area contributed by atoms with Crippen LogP contribution < -0.4 is 10.6 Å². The topological polar surface area (TPSA) is 41.1 Å². The Bertz CT molecular complexity index is 271. The molecular weight excluding hydrogens is 236 g/mol. The number of amides is 1. The number of halogens is 1. The minimum atomic E-state index is 0.